The molecule has 2 N–H and O–H groups in total. The molecule has 2 heteroatoms. The first kappa shape index (κ1) is 10.4. The molecule has 1 nitrogen and oxygen atoms in total. The molecule has 0 saturated carbocycles. The van der Waals surface area contributed by atoms with Gasteiger partial charge in [0.25, 0.3) is 0 Å². The first-order valence-electron chi connectivity index (χ1n) is 4.83. The number of hydrogen-bond acceptors (Lipinski definition) is 2. The normalized spacial score (nSPS) is 27.5. The molecule has 1 aliphatic heterocycles. The van der Waals surface area contributed by atoms with Crippen LogP contribution in [0.4, 0.5) is 0 Å². The molecule has 1 rings (SSSR count). The van der Waals surface area contributed by atoms with Gasteiger partial charge in [0, 0.05) is 0 Å². The molecule has 2 unspecified atom stereocenters. The fourth-order valence-corrected chi connectivity index (χ4v) is 3.46. The van der Waals surface area contributed by atoms with Crippen LogP contribution in [-0.2, 0) is 0 Å². The van der Waals surface area contributed by atoms with Gasteiger partial charge in [-0.3, -0.25) is 0 Å². The average Bonchev–Trinajstić information content (AvgIpc) is 2.38. The SMILES string of the molecule is CC(C)(C)C(CN)C1CCSC1. The van der Waals surface area contributed by atoms with Crippen LogP contribution in [0.2, 0.25) is 0 Å². The van der Waals surface area contributed by atoms with Crippen LogP contribution < -0.4 is 5.73 Å². The van der Waals surface area contributed by atoms with Gasteiger partial charge in [-0.2, -0.15) is 11.8 Å². The minimum Gasteiger partial charge on any atom is -0.330 e. The summed E-state index contributed by atoms with van der Waals surface area (Å²) in [4.78, 5) is 0. The molecule has 0 amide bonds. The summed E-state index contributed by atoms with van der Waals surface area (Å²) in [6, 6.07) is 0. The third-order valence-electron chi connectivity index (χ3n) is 2.90. The molecule has 1 aliphatic rings. The van der Waals surface area contributed by atoms with Gasteiger partial charge in [-0.25, -0.2) is 0 Å². The van der Waals surface area contributed by atoms with Crippen LogP contribution in [0.1, 0.15) is 27.2 Å². The molecule has 12 heavy (non-hydrogen) atoms. The van der Waals surface area contributed by atoms with E-state index in [4.69, 9.17) is 5.73 Å². The molecule has 1 saturated heterocycles. The Morgan fingerprint density at radius 1 is 1.50 bits per heavy atom. The van der Waals surface area contributed by atoms with Crippen molar-refractivity contribution in [3.63, 3.8) is 0 Å². The number of nitrogens with two attached hydrogens (primary N) is 1. The second-order valence-corrected chi connectivity index (χ2v) is 5.98. The van der Waals surface area contributed by atoms with Crippen molar-refractivity contribution in [2.24, 2.45) is 23.0 Å². The highest BCUT2D eigenvalue weighted by atomic mass is 32.2. The van der Waals surface area contributed by atoms with Crippen LogP contribution in [0, 0.1) is 17.3 Å². The fourth-order valence-electron chi connectivity index (χ4n) is 2.12. The highest BCUT2D eigenvalue weighted by Gasteiger charge is 2.32. The lowest BCUT2D eigenvalue weighted by molar-refractivity contribution is 0.179. The van der Waals surface area contributed by atoms with E-state index in [0.717, 1.165) is 12.5 Å². The van der Waals surface area contributed by atoms with Gasteiger partial charge in [-0.05, 0) is 41.7 Å². The van der Waals surface area contributed by atoms with Gasteiger partial charge in [-0.15, -0.1) is 0 Å². The van der Waals surface area contributed by atoms with E-state index in [1.165, 1.54) is 17.9 Å². The smallest absolute Gasteiger partial charge is 0.00355 e. The van der Waals surface area contributed by atoms with E-state index in [9.17, 15) is 0 Å². The number of rotatable bonds is 2. The summed E-state index contributed by atoms with van der Waals surface area (Å²) in [6.45, 7) is 7.79. The molecular weight excluding hydrogens is 166 g/mol. The Kier molecular flexibility index (Phi) is 3.47. The quantitative estimate of drug-likeness (QED) is 0.718. The van der Waals surface area contributed by atoms with Crippen LogP contribution in [0.3, 0.4) is 0 Å². The van der Waals surface area contributed by atoms with E-state index in [2.05, 4.69) is 32.5 Å². The van der Waals surface area contributed by atoms with Gasteiger partial charge in [0.1, 0.15) is 0 Å². The molecule has 0 bridgehead atoms. The summed E-state index contributed by atoms with van der Waals surface area (Å²) in [5.41, 5.74) is 6.22. The third kappa shape index (κ3) is 2.40. The Balaban J connectivity index is 2.54. The van der Waals surface area contributed by atoms with E-state index in [1.54, 1.807) is 0 Å². The molecular formula is C10H21NS. The Bertz CT molecular complexity index is 133. The van der Waals surface area contributed by atoms with Gasteiger partial charge >= 0.3 is 0 Å². The molecule has 72 valence electrons. The molecule has 0 radical (unpaired) electrons. The minimum atomic E-state index is 0.393. The third-order valence-corrected chi connectivity index (χ3v) is 4.09. The van der Waals surface area contributed by atoms with Crippen molar-refractivity contribution in [2.75, 3.05) is 18.1 Å². The molecule has 1 heterocycles. The summed E-state index contributed by atoms with van der Waals surface area (Å²) < 4.78 is 0. The second kappa shape index (κ2) is 4.01. The van der Waals surface area contributed by atoms with Crippen molar-refractivity contribution in [1.82, 2.24) is 0 Å². The van der Waals surface area contributed by atoms with Gasteiger partial charge in [0.2, 0.25) is 0 Å². The van der Waals surface area contributed by atoms with E-state index in [1.807, 2.05) is 0 Å². The van der Waals surface area contributed by atoms with Crippen LogP contribution in [0.25, 0.3) is 0 Å². The summed E-state index contributed by atoms with van der Waals surface area (Å²) in [5, 5.41) is 0. The molecule has 0 spiro atoms. The first-order valence-corrected chi connectivity index (χ1v) is 5.99. The molecule has 0 aromatic rings. The summed E-state index contributed by atoms with van der Waals surface area (Å²) in [7, 11) is 0. The minimum absolute atomic E-state index is 0.393. The molecule has 2 atom stereocenters. The topological polar surface area (TPSA) is 26.0 Å². The van der Waals surface area contributed by atoms with Crippen molar-refractivity contribution in [3.8, 4) is 0 Å². The molecule has 1 fully saturated rings. The van der Waals surface area contributed by atoms with Gasteiger partial charge in [0.05, 0.1) is 0 Å². The lowest BCUT2D eigenvalue weighted by Gasteiger charge is -2.34. The summed E-state index contributed by atoms with van der Waals surface area (Å²) in [5.74, 6) is 4.27. The molecule has 0 aromatic carbocycles. The molecule has 0 aliphatic carbocycles. The highest BCUT2D eigenvalue weighted by molar-refractivity contribution is 7.99. The fraction of sp³-hybridized carbons (Fsp3) is 1.00. The average molecular weight is 187 g/mol. The lowest BCUT2D eigenvalue weighted by atomic mass is 9.73. The van der Waals surface area contributed by atoms with E-state index >= 15 is 0 Å². The van der Waals surface area contributed by atoms with E-state index < -0.39 is 0 Å². The van der Waals surface area contributed by atoms with Crippen molar-refractivity contribution < 1.29 is 0 Å². The predicted octanol–water partition coefficient (Wildman–Crippen LogP) is 2.36. The standard InChI is InChI=1S/C10H21NS/c1-10(2,3)9(6-11)8-4-5-12-7-8/h8-9H,4-7,11H2,1-3H3. The van der Waals surface area contributed by atoms with Crippen molar-refractivity contribution in [2.45, 2.75) is 27.2 Å². The zero-order valence-electron chi connectivity index (χ0n) is 8.47. The zero-order chi connectivity index (χ0) is 9.19. The van der Waals surface area contributed by atoms with E-state index in [0.29, 0.717) is 11.3 Å². The first-order chi connectivity index (χ1) is 5.55. The van der Waals surface area contributed by atoms with Crippen LogP contribution in [0.15, 0.2) is 0 Å². The largest absolute Gasteiger partial charge is 0.330 e. The summed E-state index contributed by atoms with van der Waals surface area (Å²) >= 11 is 2.09. The Morgan fingerprint density at radius 3 is 2.50 bits per heavy atom. The maximum atomic E-state index is 5.83. The van der Waals surface area contributed by atoms with Crippen molar-refractivity contribution in [3.05, 3.63) is 0 Å². The van der Waals surface area contributed by atoms with Crippen LogP contribution in [-0.4, -0.2) is 18.1 Å². The Hall–Kier alpha value is 0.310. The second-order valence-electron chi connectivity index (χ2n) is 4.83. The molecule has 0 aromatic heterocycles. The van der Waals surface area contributed by atoms with Gasteiger partial charge in [-0.1, -0.05) is 20.8 Å². The van der Waals surface area contributed by atoms with Crippen LogP contribution in [0.5, 0.6) is 0 Å². The number of hydrogen-bond donors (Lipinski definition) is 1. The highest BCUT2D eigenvalue weighted by Crippen LogP contribution is 2.38. The Labute approximate surface area is 80.5 Å². The van der Waals surface area contributed by atoms with Gasteiger partial charge in [0.15, 0.2) is 0 Å². The van der Waals surface area contributed by atoms with E-state index in [-0.39, 0.29) is 0 Å². The maximum absolute atomic E-state index is 5.83. The van der Waals surface area contributed by atoms with Crippen molar-refractivity contribution in [1.29, 1.82) is 0 Å². The van der Waals surface area contributed by atoms with Crippen LogP contribution >= 0.6 is 11.8 Å². The van der Waals surface area contributed by atoms with Crippen molar-refractivity contribution >= 4 is 11.8 Å². The summed E-state index contributed by atoms with van der Waals surface area (Å²) in [6.07, 6.45) is 1.38. The zero-order valence-corrected chi connectivity index (χ0v) is 9.29. The monoisotopic (exact) mass is 187 g/mol. The Morgan fingerprint density at radius 2 is 2.17 bits per heavy atom. The van der Waals surface area contributed by atoms with Gasteiger partial charge < -0.3 is 5.73 Å². The number of thioether (sulfide) groups is 1. The lowest BCUT2D eigenvalue weighted by Crippen LogP contribution is -2.34. The maximum Gasteiger partial charge on any atom is -0.00355 e. The predicted molar refractivity (Wildman–Crippen MR) is 57.4 cm³/mol.